The van der Waals surface area contributed by atoms with E-state index in [1.807, 2.05) is 53.0 Å². The van der Waals surface area contributed by atoms with Crippen molar-refractivity contribution in [2.75, 3.05) is 13.1 Å². The Morgan fingerprint density at radius 1 is 1.19 bits per heavy atom. The number of benzene rings is 1. The van der Waals surface area contributed by atoms with E-state index in [1.165, 1.54) is 0 Å². The Morgan fingerprint density at radius 3 is 2.62 bits per heavy atom. The number of hydrogen-bond acceptors (Lipinski definition) is 3. The number of fused-ring (bicyclic) bond motifs is 5. The molecule has 0 radical (unpaired) electrons. The molecule has 3 aliphatic rings. The van der Waals surface area contributed by atoms with Crippen LogP contribution in [0.25, 0.3) is 5.69 Å². The van der Waals surface area contributed by atoms with Crippen LogP contribution in [-0.2, 0) is 11.3 Å². The average molecular weight is 350 g/mol. The number of urea groups is 1. The van der Waals surface area contributed by atoms with Crippen LogP contribution in [0.2, 0.25) is 0 Å². The van der Waals surface area contributed by atoms with Gasteiger partial charge in [0.2, 0.25) is 0 Å². The predicted octanol–water partition coefficient (Wildman–Crippen LogP) is 2.28. The lowest BCUT2D eigenvalue weighted by Gasteiger charge is -2.20. The Balaban J connectivity index is 1.25. The fourth-order valence-electron chi connectivity index (χ4n) is 4.41. The van der Waals surface area contributed by atoms with Gasteiger partial charge in [0.15, 0.2) is 0 Å². The highest BCUT2D eigenvalue weighted by molar-refractivity contribution is 5.74. The molecule has 2 saturated heterocycles. The fourth-order valence-corrected chi connectivity index (χ4v) is 4.41. The number of para-hydroxylation sites is 1. The molecular formula is C20H22N4O2. The van der Waals surface area contributed by atoms with Gasteiger partial charge in [0, 0.05) is 37.7 Å². The van der Waals surface area contributed by atoms with Crippen LogP contribution in [0, 0.1) is 18.8 Å². The lowest BCUT2D eigenvalue weighted by Crippen LogP contribution is -2.39. The molecule has 0 spiro atoms. The van der Waals surface area contributed by atoms with E-state index in [4.69, 9.17) is 4.74 Å². The van der Waals surface area contributed by atoms with Crippen LogP contribution in [-0.4, -0.2) is 46.0 Å². The summed E-state index contributed by atoms with van der Waals surface area (Å²) in [4.78, 5) is 14.6. The second-order valence-corrected chi connectivity index (χ2v) is 7.37. The van der Waals surface area contributed by atoms with E-state index in [0.29, 0.717) is 18.4 Å². The molecule has 1 aromatic heterocycles. The molecule has 2 amide bonds. The maximum absolute atomic E-state index is 12.7. The number of aryl methyl sites for hydroxylation is 1. The zero-order valence-corrected chi connectivity index (χ0v) is 14.7. The molecule has 4 atom stereocenters. The first-order valence-electron chi connectivity index (χ1n) is 9.16. The Labute approximate surface area is 152 Å². The van der Waals surface area contributed by atoms with Gasteiger partial charge in [0.1, 0.15) is 0 Å². The smallest absolute Gasteiger partial charge is 0.317 e. The second kappa shape index (κ2) is 5.99. The van der Waals surface area contributed by atoms with Crippen molar-refractivity contribution in [3.05, 3.63) is 59.9 Å². The number of carbonyl (C=O) groups is 1. The predicted molar refractivity (Wildman–Crippen MR) is 96.9 cm³/mol. The largest absolute Gasteiger partial charge is 0.366 e. The third-order valence-corrected chi connectivity index (χ3v) is 5.74. The number of hydrogen-bond donors (Lipinski definition) is 1. The highest BCUT2D eigenvalue weighted by Gasteiger charge is 2.51. The first-order valence-corrected chi connectivity index (χ1v) is 9.16. The summed E-state index contributed by atoms with van der Waals surface area (Å²) in [7, 11) is 0. The van der Waals surface area contributed by atoms with Gasteiger partial charge in [0.05, 0.1) is 23.6 Å². The molecule has 4 unspecified atom stereocenters. The molecule has 1 aromatic carbocycles. The molecule has 6 nitrogen and oxygen atoms in total. The van der Waals surface area contributed by atoms with E-state index in [0.717, 1.165) is 30.0 Å². The van der Waals surface area contributed by atoms with Crippen molar-refractivity contribution in [1.82, 2.24) is 20.0 Å². The van der Waals surface area contributed by atoms with Gasteiger partial charge in [-0.3, -0.25) is 0 Å². The minimum Gasteiger partial charge on any atom is -0.366 e. The molecule has 2 aromatic rings. The summed E-state index contributed by atoms with van der Waals surface area (Å²) in [5, 5.41) is 7.56. The molecule has 26 heavy (non-hydrogen) atoms. The summed E-state index contributed by atoms with van der Waals surface area (Å²) >= 11 is 0. The van der Waals surface area contributed by atoms with Gasteiger partial charge in [-0.25, -0.2) is 9.48 Å². The second-order valence-electron chi connectivity index (χ2n) is 7.37. The van der Waals surface area contributed by atoms with Gasteiger partial charge in [-0.05, 0) is 24.6 Å². The van der Waals surface area contributed by atoms with Crippen molar-refractivity contribution < 1.29 is 9.53 Å². The lowest BCUT2D eigenvalue weighted by atomic mass is 9.86. The van der Waals surface area contributed by atoms with Crippen LogP contribution in [0.4, 0.5) is 4.79 Å². The highest BCUT2D eigenvalue weighted by atomic mass is 16.5. The van der Waals surface area contributed by atoms with Crippen molar-refractivity contribution in [2.45, 2.75) is 25.7 Å². The minimum atomic E-state index is 0.00486. The first kappa shape index (κ1) is 15.6. The number of likely N-dealkylation sites (tertiary alicyclic amines) is 1. The van der Waals surface area contributed by atoms with Gasteiger partial charge in [-0.15, -0.1) is 0 Å². The van der Waals surface area contributed by atoms with Crippen LogP contribution >= 0.6 is 0 Å². The van der Waals surface area contributed by atoms with Crippen LogP contribution in [0.1, 0.15) is 11.3 Å². The summed E-state index contributed by atoms with van der Waals surface area (Å²) in [6.45, 7) is 4.02. The van der Waals surface area contributed by atoms with Gasteiger partial charge in [-0.1, -0.05) is 30.4 Å². The van der Waals surface area contributed by atoms with E-state index < -0.39 is 0 Å². The van der Waals surface area contributed by atoms with Crippen LogP contribution in [0.5, 0.6) is 0 Å². The van der Waals surface area contributed by atoms with E-state index in [1.54, 1.807) is 0 Å². The normalized spacial score (nSPS) is 28.6. The van der Waals surface area contributed by atoms with E-state index >= 15 is 0 Å². The Hall–Kier alpha value is -2.60. The quantitative estimate of drug-likeness (QED) is 0.864. The van der Waals surface area contributed by atoms with Gasteiger partial charge in [0.25, 0.3) is 0 Å². The topological polar surface area (TPSA) is 59.4 Å². The number of aromatic nitrogens is 2. The average Bonchev–Trinajstić information content (AvgIpc) is 3.41. The zero-order valence-electron chi connectivity index (χ0n) is 14.7. The number of amides is 2. The van der Waals surface area contributed by atoms with Crippen LogP contribution in [0.3, 0.4) is 0 Å². The standard InChI is InChI=1S/C20H22N4O2/c1-13-8-9-24(22-13)17-5-3-2-4-14(17)10-21-20(25)23-11-15-16(12-23)19-7-6-18(15)26-19/h2-9,15-16,18-19H,10-12H2,1H3,(H,21,25). The van der Waals surface area contributed by atoms with Gasteiger partial charge in [-0.2, -0.15) is 5.10 Å². The number of nitrogens with zero attached hydrogens (tertiary/aromatic N) is 3. The van der Waals surface area contributed by atoms with Crippen molar-refractivity contribution in [2.24, 2.45) is 11.8 Å². The monoisotopic (exact) mass is 350 g/mol. The minimum absolute atomic E-state index is 0.00486. The summed E-state index contributed by atoms with van der Waals surface area (Å²) in [5.41, 5.74) is 3.01. The lowest BCUT2D eigenvalue weighted by molar-refractivity contribution is 0.0882. The molecule has 3 aliphatic heterocycles. The molecule has 2 fully saturated rings. The third-order valence-electron chi connectivity index (χ3n) is 5.74. The Bertz CT molecular complexity index is 854. The van der Waals surface area contributed by atoms with Crippen molar-refractivity contribution >= 4 is 6.03 Å². The van der Waals surface area contributed by atoms with Crippen molar-refractivity contribution in [1.29, 1.82) is 0 Å². The molecule has 1 N–H and O–H groups in total. The Morgan fingerprint density at radius 2 is 1.92 bits per heavy atom. The zero-order chi connectivity index (χ0) is 17.7. The molecule has 6 heteroatoms. The number of carbonyl (C=O) groups excluding carboxylic acids is 1. The third kappa shape index (κ3) is 2.52. The maximum Gasteiger partial charge on any atom is 0.317 e. The van der Waals surface area contributed by atoms with E-state index in [2.05, 4.69) is 22.6 Å². The SMILES string of the molecule is Cc1ccn(-c2ccccc2CNC(=O)N2CC3C4C=CC(O4)C3C2)n1. The number of nitrogens with one attached hydrogen (secondary N) is 1. The van der Waals surface area contributed by atoms with Crippen LogP contribution in [0.15, 0.2) is 48.7 Å². The molecule has 5 rings (SSSR count). The van der Waals surface area contributed by atoms with E-state index in [-0.39, 0.29) is 18.2 Å². The summed E-state index contributed by atoms with van der Waals surface area (Å²) < 4.78 is 7.74. The van der Waals surface area contributed by atoms with Crippen molar-refractivity contribution in [3.8, 4) is 5.69 Å². The van der Waals surface area contributed by atoms with Gasteiger partial charge < -0.3 is 15.0 Å². The molecule has 0 saturated carbocycles. The molecule has 4 heterocycles. The Kier molecular flexibility index (Phi) is 3.60. The van der Waals surface area contributed by atoms with Crippen molar-refractivity contribution in [3.63, 3.8) is 0 Å². The number of ether oxygens (including phenoxy) is 1. The summed E-state index contributed by atoms with van der Waals surface area (Å²) in [6, 6.07) is 10.0. The summed E-state index contributed by atoms with van der Waals surface area (Å²) in [5.74, 6) is 0.908. The maximum atomic E-state index is 12.7. The fraction of sp³-hybridized carbons (Fsp3) is 0.400. The molecule has 134 valence electrons. The molecule has 2 bridgehead atoms. The highest BCUT2D eigenvalue weighted by Crippen LogP contribution is 2.43. The van der Waals surface area contributed by atoms with E-state index in [9.17, 15) is 4.79 Å². The molecule has 0 aliphatic carbocycles. The summed E-state index contributed by atoms with van der Waals surface area (Å²) in [6.07, 6.45) is 6.64. The number of rotatable bonds is 3. The van der Waals surface area contributed by atoms with Gasteiger partial charge >= 0.3 is 6.03 Å². The first-order chi connectivity index (χ1) is 12.7. The van der Waals surface area contributed by atoms with Crippen LogP contribution < -0.4 is 5.32 Å². The molecular weight excluding hydrogens is 328 g/mol.